The minimum atomic E-state index is -0.313. The van der Waals surface area contributed by atoms with E-state index in [0.717, 1.165) is 32.4 Å². The molecular formula is C45H85NO2. The molecule has 2 atom stereocenters. The van der Waals surface area contributed by atoms with Crippen LogP contribution in [0, 0.1) is 0 Å². The van der Waals surface area contributed by atoms with Gasteiger partial charge in [-0.3, -0.25) is 0 Å². The van der Waals surface area contributed by atoms with Gasteiger partial charge in [0.25, 0.3) is 0 Å². The molecule has 1 unspecified atom stereocenters. The number of rotatable bonds is 36. The Kier molecular flexibility index (Phi) is 31.3. The van der Waals surface area contributed by atoms with Crippen molar-refractivity contribution >= 4 is 0 Å². The van der Waals surface area contributed by atoms with E-state index in [1.54, 1.807) is 0 Å². The Labute approximate surface area is 302 Å². The first-order valence-electron chi connectivity index (χ1n) is 21.5. The largest absolute Gasteiger partial charge is 0.347 e. The van der Waals surface area contributed by atoms with Gasteiger partial charge in [-0.25, -0.2) is 0 Å². The van der Waals surface area contributed by atoms with Crippen molar-refractivity contribution < 1.29 is 9.47 Å². The first kappa shape index (κ1) is 45.1. The molecule has 0 aromatic rings. The standard InChI is InChI=1S/C45H85NO2/c1-6-8-10-12-13-14-15-16-17-18-19-20-22-25-29-33-39-45(47-42-44(48-45)38-35-41-46(4)5)40-34-30-26-23-21-24-28-32-37-43(3)36-31-27-11-9-7-2/h16-17,32,37,44H,3,6-15,18-31,33-36,38-42H2,1-2,4-5H3/b17-16-,37-32-/t44-,45?/m0/s1. The molecule has 1 aliphatic heterocycles. The first-order chi connectivity index (χ1) is 23.5. The Morgan fingerprint density at radius 2 is 1.06 bits per heavy atom. The third-order valence-electron chi connectivity index (χ3n) is 10.2. The van der Waals surface area contributed by atoms with Gasteiger partial charge >= 0.3 is 0 Å². The molecule has 1 rings (SSSR count). The summed E-state index contributed by atoms with van der Waals surface area (Å²) in [7, 11) is 4.32. The lowest BCUT2D eigenvalue weighted by Crippen LogP contribution is -2.31. The lowest BCUT2D eigenvalue weighted by atomic mass is 9.98. The summed E-state index contributed by atoms with van der Waals surface area (Å²) < 4.78 is 13.2. The summed E-state index contributed by atoms with van der Waals surface area (Å²) >= 11 is 0. The average Bonchev–Trinajstić information content (AvgIpc) is 3.47. The highest BCUT2D eigenvalue weighted by Crippen LogP contribution is 2.36. The van der Waals surface area contributed by atoms with Crippen LogP contribution < -0.4 is 0 Å². The van der Waals surface area contributed by atoms with Gasteiger partial charge in [0.05, 0.1) is 12.7 Å². The summed E-state index contributed by atoms with van der Waals surface area (Å²) in [5.74, 6) is -0.313. The highest BCUT2D eigenvalue weighted by molar-refractivity contribution is 5.13. The number of nitrogens with zero attached hydrogens (tertiary/aromatic N) is 1. The molecule has 3 heteroatoms. The van der Waals surface area contributed by atoms with Crippen LogP contribution in [0.25, 0.3) is 0 Å². The summed E-state index contributed by atoms with van der Waals surface area (Å²) in [6.45, 7) is 10.7. The van der Waals surface area contributed by atoms with Crippen molar-refractivity contribution in [2.24, 2.45) is 0 Å². The third kappa shape index (κ3) is 27.9. The lowest BCUT2D eigenvalue weighted by Gasteiger charge is -2.28. The Morgan fingerprint density at radius 3 is 1.58 bits per heavy atom. The van der Waals surface area contributed by atoms with Gasteiger partial charge in [-0.2, -0.15) is 0 Å². The smallest absolute Gasteiger partial charge is 0.168 e. The van der Waals surface area contributed by atoms with Crippen LogP contribution in [0.1, 0.15) is 213 Å². The number of unbranched alkanes of at least 4 members (excludes halogenated alkanes) is 22. The molecule has 0 bridgehead atoms. The number of ether oxygens (including phenoxy) is 2. The minimum Gasteiger partial charge on any atom is -0.347 e. The lowest BCUT2D eigenvalue weighted by molar-refractivity contribution is -0.180. The van der Waals surface area contributed by atoms with E-state index in [1.807, 2.05) is 0 Å². The topological polar surface area (TPSA) is 21.7 Å². The number of allylic oxidation sites excluding steroid dienone is 5. The van der Waals surface area contributed by atoms with Crippen LogP contribution >= 0.6 is 0 Å². The van der Waals surface area contributed by atoms with E-state index < -0.39 is 0 Å². The van der Waals surface area contributed by atoms with E-state index in [4.69, 9.17) is 9.47 Å². The zero-order valence-corrected chi connectivity index (χ0v) is 33.2. The molecular weight excluding hydrogens is 587 g/mol. The molecule has 1 heterocycles. The van der Waals surface area contributed by atoms with Crippen LogP contribution in [-0.4, -0.2) is 44.0 Å². The van der Waals surface area contributed by atoms with Gasteiger partial charge in [0.2, 0.25) is 0 Å². The van der Waals surface area contributed by atoms with Crippen LogP contribution in [-0.2, 0) is 9.47 Å². The van der Waals surface area contributed by atoms with Crippen molar-refractivity contribution in [1.82, 2.24) is 4.90 Å². The van der Waals surface area contributed by atoms with E-state index in [9.17, 15) is 0 Å². The second kappa shape index (κ2) is 33.3. The molecule has 0 saturated carbocycles. The number of hydrogen-bond donors (Lipinski definition) is 0. The molecule has 3 nitrogen and oxygen atoms in total. The molecule has 1 saturated heterocycles. The molecule has 48 heavy (non-hydrogen) atoms. The Hall–Kier alpha value is -0.900. The highest BCUT2D eigenvalue weighted by Gasteiger charge is 2.40. The van der Waals surface area contributed by atoms with Gasteiger partial charge in [-0.15, -0.1) is 0 Å². The van der Waals surface area contributed by atoms with E-state index in [-0.39, 0.29) is 11.9 Å². The fourth-order valence-corrected chi connectivity index (χ4v) is 7.08. The SMILES string of the molecule is C=C(/C=C\CCCCCCCCC1(CCCCCCCC/C=C\CCCCCCCC)OC[C@H](CCCN(C)C)O1)CCCCCCC. The molecule has 0 radical (unpaired) electrons. The fraction of sp³-hybridized carbons (Fsp3) is 0.867. The van der Waals surface area contributed by atoms with Crippen molar-refractivity contribution in [3.8, 4) is 0 Å². The monoisotopic (exact) mass is 672 g/mol. The summed E-state index contributed by atoms with van der Waals surface area (Å²) in [6, 6.07) is 0. The first-order valence-corrected chi connectivity index (χ1v) is 21.5. The Morgan fingerprint density at radius 1 is 0.604 bits per heavy atom. The Bertz CT molecular complexity index is 758. The second-order valence-corrected chi connectivity index (χ2v) is 15.5. The van der Waals surface area contributed by atoms with Crippen LogP contribution in [0.15, 0.2) is 36.5 Å². The minimum absolute atomic E-state index is 0.282. The zero-order chi connectivity index (χ0) is 34.8. The second-order valence-electron chi connectivity index (χ2n) is 15.5. The van der Waals surface area contributed by atoms with Crippen LogP contribution in [0.2, 0.25) is 0 Å². The molecule has 0 spiro atoms. The van der Waals surface area contributed by atoms with Gasteiger partial charge in [-0.1, -0.05) is 159 Å². The van der Waals surface area contributed by atoms with Crippen molar-refractivity contribution in [3.05, 3.63) is 36.5 Å². The van der Waals surface area contributed by atoms with Crippen molar-refractivity contribution in [1.29, 1.82) is 0 Å². The van der Waals surface area contributed by atoms with Crippen LogP contribution in [0.4, 0.5) is 0 Å². The van der Waals surface area contributed by atoms with Crippen molar-refractivity contribution in [3.63, 3.8) is 0 Å². The summed E-state index contributed by atoms with van der Waals surface area (Å²) in [5.41, 5.74) is 1.31. The van der Waals surface area contributed by atoms with E-state index in [1.165, 1.54) is 185 Å². The van der Waals surface area contributed by atoms with Crippen molar-refractivity contribution in [2.45, 2.75) is 225 Å². The Balaban J connectivity index is 2.19. The molecule has 0 N–H and O–H groups in total. The van der Waals surface area contributed by atoms with Gasteiger partial charge in [0.15, 0.2) is 5.79 Å². The zero-order valence-electron chi connectivity index (χ0n) is 33.2. The maximum absolute atomic E-state index is 6.73. The third-order valence-corrected chi connectivity index (χ3v) is 10.2. The normalized spacial score (nSPS) is 18.3. The predicted molar refractivity (Wildman–Crippen MR) is 214 cm³/mol. The molecule has 0 aliphatic carbocycles. The van der Waals surface area contributed by atoms with E-state index in [0.29, 0.717) is 0 Å². The molecule has 282 valence electrons. The predicted octanol–water partition coefficient (Wildman–Crippen LogP) is 14.5. The van der Waals surface area contributed by atoms with Gasteiger partial charge in [-0.05, 0) is 97.7 Å². The van der Waals surface area contributed by atoms with Crippen LogP contribution in [0.3, 0.4) is 0 Å². The summed E-state index contributed by atoms with van der Waals surface area (Å²) in [6.07, 6.45) is 50.2. The molecule has 1 fully saturated rings. The summed E-state index contributed by atoms with van der Waals surface area (Å²) in [4.78, 5) is 2.28. The van der Waals surface area contributed by atoms with Gasteiger partial charge in [0.1, 0.15) is 0 Å². The van der Waals surface area contributed by atoms with E-state index >= 15 is 0 Å². The highest BCUT2D eigenvalue weighted by atomic mass is 16.7. The maximum atomic E-state index is 6.73. The quantitative estimate of drug-likeness (QED) is 0.0376. The summed E-state index contributed by atoms with van der Waals surface area (Å²) in [5, 5.41) is 0. The molecule has 1 aliphatic rings. The fourth-order valence-electron chi connectivity index (χ4n) is 7.08. The van der Waals surface area contributed by atoms with Gasteiger partial charge < -0.3 is 14.4 Å². The average molecular weight is 672 g/mol. The molecule has 0 amide bonds. The van der Waals surface area contributed by atoms with Crippen molar-refractivity contribution in [2.75, 3.05) is 27.2 Å². The maximum Gasteiger partial charge on any atom is 0.168 e. The van der Waals surface area contributed by atoms with E-state index in [2.05, 4.69) is 63.7 Å². The molecule has 0 aromatic carbocycles. The van der Waals surface area contributed by atoms with Crippen LogP contribution in [0.5, 0.6) is 0 Å². The van der Waals surface area contributed by atoms with Gasteiger partial charge in [0, 0.05) is 12.8 Å². The number of hydrogen-bond acceptors (Lipinski definition) is 3. The molecule has 0 aromatic heterocycles.